The number of hydrogen-bond donors (Lipinski definition) is 1. The van der Waals surface area contributed by atoms with Gasteiger partial charge in [-0.3, -0.25) is 4.79 Å². The topological polar surface area (TPSA) is 74.4 Å². The minimum absolute atomic E-state index is 0.0940. The van der Waals surface area contributed by atoms with Gasteiger partial charge in [-0.15, -0.1) is 0 Å². The van der Waals surface area contributed by atoms with Gasteiger partial charge in [0, 0.05) is 12.0 Å². The highest BCUT2D eigenvalue weighted by atomic mass is 35.5. The molecule has 1 aromatic carbocycles. The van der Waals surface area contributed by atoms with Crippen molar-refractivity contribution in [2.75, 3.05) is 12.8 Å². The first kappa shape index (κ1) is 18.3. The molecule has 0 spiro atoms. The van der Waals surface area contributed by atoms with Gasteiger partial charge in [0.25, 0.3) is 0 Å². The molecular formula is C16H15Cl2FN2O3. The Labute approximate surface area is 148 Å². The average molecular weight is 373 g/mol. The molecule has 0 saturated carbocycles. The summed E-state index contributed by atoms with van der Waals surface area (Å²) in [6.45, 7) is 1.51. The number of ether oxygens (including phenoxy) is 2. The first-order valence-corrected chi connectivity index (χ1v) is 7.77. The summed E-state index contributed by atoms with van der Waals surface area (Å²) in [7, 11) is 1.31. The number of nitrogens with zero attached hydrogens (tertiary/aromatic N) is 1. The van der Waals surface area contributed by atoms with Crippen LogP contribution in [0.5, 0.6) is 5.75 Å². The van der Waals surface area contributed by atoms with Crippen LogP contribution in [0.1, 0.15) is 19.0 Å². The molecule has 0 aliphatic heterocycles. The van der Waals surface area contributed by atoms with Gasteiger partial charge >= 0.3 is 5.97 Å². The van der Waals surface area contributed by atoms with Gasteiger partial charge in [-0.25, -0.2) is 9.37 Å². The summed E-state index contributed by atoms with van der Waals surface area (Å²) >= 11 is 12.0. The summed E-state index contributed by atoms with van der Waals surface area (Å²) in [5.74, 6) is -1.17. The van der Waals surface area contributed by atoms with Crippen LogP contribution in [-0.2, 0) is 16.1 Å². The van der Waals surface area contributed by atoms with E-state index in [2.05, 4.69) is 4.98 Å². The van der Waals surface area contributed by atoms with Gasteiger partial charge in [0.15, 0.2) is 11.6 Å². The molecule has 2 rings (SSSR count). The fourth-order valence-corrected chi connectivity index (χ4v) is 2.38. The Kier molecular flexibility index (Phi) is 5.85. The van der Waals surface area contributed by atoms with Crippen LogP contribution in [0, 0.1) is 5.82 Å². The maximum atomic E-state index is 14.5. The van der Waals surface area contributed by atoms with E-state index in [1.807, 2.05) is 0 Å². The van der Waals surface area contributed by atoms with E-state index >= 15 is 0 Å². The van der Waals surface area contributed by atoms with Crippen molar-refractivity contribution < 1.29 is 18.7 Å². The van der Waals surface area contributed by atoms with E-state index in [1.165, 1.54) is 25.3 Å². The minimum Gasteiger partial charge on any atom is -0.492 e. The molecule has 0 bridgehead atoms. The lowest BCUT2D eigenvalue weighted by Crippen LogP contribution is -2.06. The molecular weight excluding hydrogens is 358 g/mol. The van der Waals surface area contributed by atoms with Crippen molar-refractivity contribution in [3.8, 4) is 17.0 Å². The second kappa shape index (κ2) is 7.68. The lowest BCUT2D eigenvalue weighted by Gasteiger charge is -2.12. The van der Waals surface area contributed by atoms with Crippen molar-refractivity contribution in [1.82, 2.24) is 4.98 Å². The van der Waals surface area contributed by atoms with E-state index in [4.69, 9.17) is 38.4 Å². The number of rotatable bonds is 5. The molecule has 0 aliphatic rings. The van der Waals surface area contributed by atoms with E-state index in [-0.39, 0.29) is 51.5 Å². The summed E-state index contributed by atoms with van der Waals surface area (Å²) in [4.78, 5) is 15.5. The average Bonchev–Trinajstić information content (AvgIpc) is 2.56. The number of methoxy groups -OCH3 is 1. The summed E-state index contributed by atoms with van der Waals surface area (Å²) < 4.78 is 24.5. The van der Waals surface area contributed by atoms with Gasteiger partial charge in [-0.1, -0.05) is 30.1 Å². The smallest absolute Gasteiger partial charge is 0.305 e. The van der Waals surface area contributed by atoms with Crippen LogP contribution in [0.4, 0.5) is 10.1 Å². The zero-order valence-corrected chi connectivity index (χ0v) is 14.5. The predicted octanol–water partition coefficient (Wildman–Crippen LogP) is 4.24. The van der Waals surface area contributed by atoms with Crippen LogP contribution in [0.25, 0.3) is 11.3 Å². The van der Waals surface area contributed by atoms with Crippen LogP contribution in [-0.4, -0.2) is 18.1 Å². The van der Waals surface area contributed by atoms with Gasteiger partial charge in [0.2, 0.25) is 0 Å². The molecule has 0 saturated heterocycles. The van der Waals surface area contributed by atoms with E-state index in [9.17, 15) is 9.18 Å². The van der Waals surface area contributed by atoms with Gasteiger partial charge in [0.1, 0.15) is 6.61 Å². The molecule has 0 unspecified atom stereocenters. The van der Waals surface area contributed by atoms with Crippen molar-refractivity contribution in [3.05, 3.63) is 39.8 Å². The number of hydrogen-bond acceptors (Lipinski definition) is 5. The van der Waals surface area contributed by atoms with E-state index in [1.54, 1.807) is 6.92 Å². The number of halogens is 3. The molecule has 1 aromatic heterocycles. The maximum Gasteiger partial charge on any atom is 0.305 e. The highest BCUT2D eigenvalue weighted by molar-refractivity contribution is 6.33. The van der Waals surface area contributed by atoms with Crippen LogP contribution in [0.2, 0.25) is 10.0 Å². The third-order valence-corrected chi connectivity index (χ3v) is 3.98. The predicted molar refractivity (Wildman–Crippen MR) is 90.7 cm³/mol. The molecule has 0 aliphatic carbocycles. The third kappa shape index (κ3) is 3.71. The Morgan fingerprint density at radius 3 is 2.71 bits per heavy atom. The van der Waals surface area contributed by atoms with Gasteiger partial charge < -0.3 is 15.2 Å². The number of carbonyl (C=O) groups is 1. The van der Waals surface area contributed by atoms with Crippen LogP contribution in [0.3, 0.4) is 0 Å². The van der Waals surface area contributed by atoms with Crippen LogP contribution >= 0.6 is 23.2 Å². The van der Waals surface area contributed by atoms with Crippen molar-refractivity contribution in [1.29, 1.82) is 0 Å². The molecule has 2 aromatic rings. The molecule has 0 atom stereocenters. The number of carbonyl (C=O) groups excluding carboxylic acids is 1. The fraction of sp³-hybridized carbons (Fsp3) is 0.250. The monoisotopic (exact) mass is 372 g/mol. The lowest BCUT2D eigenvalue weighted by atomic mass is 10.1. The maximum absolute atomic E-state index is 14.5. The van der Waals surface area contributed by atoms with Crippen LogP contribution in [0.15, 0.2) is 18.2 Å². The number of pyridine rings is 1. The largest absolute Gasteiger partial charge is 0.492 e. The Balaban J connectivity index is 2.48. The minimum atomic E-state index is -0.671. The van der Waals surface area contributed by atoms with Crippen molar-refractivity contribution in [2.45, 2.75) is 20.0 Å². The molecule has 0 fully saturated rings. The Morgan fingerprint density at radius 1 is 1.38 bits per heavy atom. The summed E-state index contributed by atoms with van der Waals surface area (Å²) in [5, 5.41) is 0.293. The first-order valence-electron chi connectivity index (χ1n) is 7.01. The number of benzene rings is 1. The second-order valence-corrected chi connectivity index (χ2v) is 5.60. The van der Waals surface area contributed by atoms with E-state index in [0.717, 1.165) is 0 Å². The Bertz CT molecular complexity index is 784. The third-order valence-electron chi connectivity index (χ3n) is 3.24. The first-order chi connectivity index (χ1) is 11.4. The quantitative estimate of drug-likeness (QED) is 0.794. The standard InChI is InChI=1S/C16H15Cl2FN2O3/c1-3-13(22)24-7-12-14(18)10(20)6-11(21-12)8-4-5-9(17)16(23-2)15(8)19/h4-6H,3,7H2,1-2H3,(H2,20,21). The molecule has 8 heteroatoms. The number of nitrogens with two attached hydrogens (primary N) is 1. The SMILES string of the molecule is CCC(=O)OCc1nc(-c2ccc(Cl)c(OC)c2F)cc(N)c1Cl. The molecule has 5 nitrogen and oxygen atoms in total. The molecule has 24 heavy (non-hydrogen) atoms. The van der Waals surface area contributed by atoms with Crippen molar-refractivity contribution in [2.24, 2.45) is 0 Å². The highest BCUT2D eigenvalue weighted by Crippen LogP contribution is 2.36. The number of esters is 1. The van der Waals surface area contributed by atoms with Gasteiger partial charge in [-0.05, 0) is 18.2 Å². The molecule has 0 amide bonds. The molecule has 0 radical (unpaired) electrons. The summed E-state index contributed by atoms with van der Waals surface area (Å²) in [5.41, 5.74) is 6.66. The fourth-order valence-electron chi connectivity index (χ4n) is 2.01. The van der Waals surface area contributed by atoms with Gasteiger partial charge in [0.05, 0.1) is 34.2 Å². The number of nitrogen functional groups attached to an aromatic ring is 1. The Morgan fingerprint density at radius 2 is 2.08 bits per heavy atom. The van der Waals surface area contributed by atoms with Gasteiger partial charge in [-0.2, -0.15) is 0 Å². The Hall–Kier alpha value is -2.05. The molecule has 1 heterocycles. The molecule has 128 valence electrons. The lowest BCUT2D eigenvalue weighted by molar-refractivity contribution is -0.144. The highest BCUT2D eigenvalue weighted by Gasteiger charge is 2.18. The number of aromatic nitrogens is 1. The second-order valence-electron chi connectivity index (χ2n) is 4.81. The zero-order valence-electron chi connectivity index (χ0n) is 13.0. The summed E-state index contributed by atoms with van der Waals surface area (Å²) in [6.07, 6.45) is 0.218. The van der Waals surface area contributed by atoms with Crippen LogP contribution < -0.4 is 10.5 Å². The molecule has 2 N–H and O–H groups in total. The van der Waals surface area contributed by atoms with E-state index in [0.29, 0.717) is 0 Å². The zero-order chi connectivity index (χ0) is 17.9. The van der Waals surface area contributed by atoms with E-state index < -0.39 is 11.8 Å². The van der Waals surface area contributed by atoms with Crippen molar-refractivity contribution >= 4 is 34.9 Å². The number of anilines is 1. The summed E-state index contributed by atoms with van der Waals surface area (Å²) in [6, 6.07) is 4.37. The van der Waals surface area contributed by atoms with Crippen molar-refractivity contribution in [3.63, 3.8) is 0 Å². The normalized spacial score (nSPS) is 10.5.